The Bertz CT molecular complexity index is 601. The van der Waals surface area contributed by atoms with Crippen molar-refractivity contribution < 1.29 is 0 Å². The second-order valence-corrected chi connectivity index (χ2v) is 7.15. The van der Waals surface area contributed by atoms with Crippen LogP contribution in [0.4, 0.5) is 5.69 Å². The van der Waals surface area contributed by atoms with Crippen molar-refractivity contribution in [3.05, 3.63) is 64.7 Å². The lowest BCUT2D eigenvalue weighted by Gasteiger charge is -2.25. The van der Waals surface area contributed by atoms with Crippen LogP contribution in [0, 0.1) is 6.92 Å². The molecule has 0 aromatic heterocycles. The zero-order chi connectivity index (χ0) is 15.6. The van der Waals surface area contributed by atoms with Crippen molar-refractivity contribution in [2.75, 3.05) is 19.0 Å². The van der Waals surface area contributed by atoms with Crippen molar-refractivity contribution in [3.8, 4) is 0 Å². The quantitative estimate of drug-likeness (QED) is 0.769. The van der Waals surface area contributed by atoms with Gasteiger partial charge in [-0.25, -0.2) is 0 Å². The molecular weight excluding hydrogens is 254 g/mol. The van der Waals surface area contributed by atoms with E-state index in [1.165, 1.54) is 27.9 Å². The van der Waals surface area contributed by atoms with E-state index in [9.17, 15) is 0 Å². The van der Waals surface area contributed by atoms with Crippen LogP contribution in [0.3, 0.4) is 0 Å². The summed E-state index contributed by atoms with van der Waals surface area (Å²) >= 11 is 0. The van der Waals surface area contributed by atoms with Crippen LogP contribution in [0.1, 0.15) is 43.0 Å². The molecule has 1 heteroatoms. The Morgan fingerprint density at radius 3 is 2.05 bits per heavy atom. The Morgan fingerprint density at radius 1 is 0.905 bits per heavy atom. The highest BCUT2D eigenvalue weighted by atomic mass is 15.1. The molecule has 2 aromatic rings. The average molecular weight is 281 g/mol. The fraction of sp³-hybridized carbons (Fsp3) is 0.400. The van der Waals surface area contributed by atoms with E-state index in [2.05, 4.69) is 89.2 Å². The number of rotatable bonds is 3. The molecular formula is C20H27N. The number of hydrogen-bond acceptors (Lipinski definition) is 1. The molecule has 0 spiro atoms. The van der Waals surface area contributed by atoms with E-state index in [1.807, 2.05) is 0 Å². The molecule has 0 radical (unpaired) electrons. The molecule has 1 nitrogen and oxygen atoms in total. The normalized spacial score (nSPS) is 11.5. The molecule has 0 amide bonds. The first-order valence-corrected chi connectivity index (χ1v) is 7.63. The van der Waals surface area contributed by atoms with Gasteiger partial charge >= 0.3 is 0 Å². The lowest BCUT2D eigenvalue weighted by atomic mass is 9.82. The molecule has 112 valence electrons. The highest BCUT2D eigenvalue weighted by Gasteiger charge is 2.18. The SMILES string of the molecule is Cc1ccc(Cc2cc(N(C)C)ccc2C(C)(C)C)cc1. The van der Waals surface area contributed by atoms with Crippen LogP contribution in [0.5, 0.6) is 0 Å². The molecule has 0 saturated heterocycles. The third kappa shape index (κ3) is 3.87. The summed E-state index contributed by atoms with van der Waals surface area (Å²) in [5, 5.41) is 0. The standard InChI is InChI=1S/C20H27N/c1-15-7-9-16(10-8-15)13-17-14-18(21(5)6)11-12-19(17)20(2,3)4/h7-12,14H,13H2,1-6H3. The third-order valence-electron chi connectivity index (χ3n) is 3.93. The third-order valence-corrected chi connectivity index (χ3v) is 3.93. The summed E-state index contributed by atoms with van der Waals surface area (Å²) in [5.41, 5.74) is 7.00. The van der Waals surface area contributed by atoms with E-state index in [0.717, 1.165) is 6.42 Å². The predicted molar refractivity (Wildman–Crippen MR) is 93.5 cm³/mol. The van der Waals surface area contributed by atoms with Gasteiger partial charge in [0.1, 0.15) is 0 Å². The van der Waals surface area contributed by atoms with Crippen molar-refractivity contribution in [2.45, 2.75) is 39.5 Å². The molecule has 2 rings (SSSR count). The Kier molecular flexibility index (Phi) is 4.41. The smallest absolute Gasteiger partial charge is 0.0364 e. The second kappa shape index (κ2) is 5.93. The second-order valence-electron chi connectivity index (χ2n) is 7.15. The van der Waals surface area contributed by atoms with Crippen LogP contribution in [0.2, 0.25) is 0 Å². The lowest BCUT2D eigenvalue weighted by molar-refractivity contribution is 0.584. The summed E-state index contributed by atoms with van der Waals surface area (Å²) in [6, 6.07) is 15.7. The van der Waals surface area contributed by atoms with Gasteiger partial charge in [0.15, 0.2) is 0 Å². The van der Waals surface area contributed by atoms with Gasteiger partial charge in [0.25, 0.3) is 0 Å². The first-order chi connectivity index (χ1) is 9.77. The van der Waals surface area contributed by atoms with Gasteiger partial charge in [0.2, 0.25) is 0 Å². The topological polar surface area (TPSA) is 3.24 Å². The van der Waals surface area contributed by atoms with Gasteiger partial charge in [-0.3, -0.25) is 0 Å². The highest BCUT2D eigenvalue weighted by molar-refractivity contribution is 5.52. The first-order valence-electron chi connectivity index (χ1n) is 7.63. The fourth-order valence-electron chi connectivity index (χ4n) is 2.66. The van der Waals surface area contributed by atoms with Gasteiger partial charge < -0.3 is 4.90 Å². The van der Waals surface area contributed by atoms with Crippen LogP contribution < -0.4 is 4.90 Å². The average Bonchev–Trinajstić information content (AvgIpc) is 2.40. The van der Waals surface area contributed by atoms with Crippen molar-refractivity contribution in [2.24, 2.45) is 0 Å². The fourth-order valence-corrected chi connectivity index (χ4v) is 2.66. The maximum absolute atomic E-state index is 2.33. The van der Waals surface area contributed by atoms with Gasteiger partial charge in [0, 0.05) is 19.8 Å². The van der Waals surface area contributed by atoms with Crippen molar-refractivity contribution >= 4 is 5.69 Å². The lowest BCUT2D eigenvalue weighted by Crippen LogP contribution is -2.16. The Labute approximate surface area is 129 Å². The van der Waals surface area contributed by atoms with Crippen molar-refractivity contribution in [1.82, 2.24) is 0 Å². The summed E-state index contributed by atoms with van der Waals surface area (Å²) in [5.74, 6) is 0. The Balaban J connectivity index is 2.43. The number of anilines is 1. The number of hydrogen-bond donors (Lipinski definition) is 0. The maximum Gasteiger partial charge on any atom is 0.0364 e. The molecule has 0 heterocycles. The van der Waals surface area contributed by atoms with Crippen LogP contribution in [-0.2, 0) is 11.8 Å². The maximum atomic E-state index is 2.33. The van der Waals surface area contributed by atoms with Gasteiger partial charge in [-0.2, -0.15) is 0 Å². The molecule has 21 heavy (non-hydrogen) atoms. The zero-order valence-electron chi connectivity index (χ0n) is 14.2. The molecule has 0 aliphatic rings. The first kappa shape index (κ1) is 15.6. The molecule has 0 fully saturated rings. The molecule has 0 N–H and O–H groups in total. The molecule has 0 bridgehead atoms. The van der Waals surface area contributed by atoms with Gasteiger partial charge in [-0.1, -0.05) is 56.7 Å². The molecule has 0 aliphatic carbocycles. The summed E-state index contributed by atoms with van der Waals surface area (Å²) in [6.07, 6.45) is 0.995. The monoisotopic (exact) mass is 281 g/mol. The molecule has 0 unspecified atom stereocenters. The number of benzene rings is 2. The summed E-state index contributed by atoms with van der Waals surface area (Å²) in [7, 11) is 4.20. The Hall–Kier alpha value is -1.76. The van der Waals surface area contributed by atoms with Crippen LogP contribution in [0.25, 0.3) is 0 Å². The van der Waals surface area contributed by atoms with Gasteiger partial charge in [0.05, 0.1) is 0 Å². The summed E-state index contributed by atoms with van der Waals surface area (Å²) in [4.78, 5) is 2.17. The van der Waals surface area contributed by atoms with Crippen molar-refractivity contribution in [1.29, 1.82) is 0 Å². The minimum atomic E-state index is 0.172. The number of nitrogens with zero attached hydrogens (tertiary/aromatic N) is 1. The minimum Gasteiger partial charge on any atom is -0.378 e. The largest absolute Gasteiger partial charge is 0.378 e. The van der Waals surface area contributed by atoms with E-state index >= 15 is 0 Å². The van der Waals surface area contributed by atoms with Crippen LogP contribution >= 0.6 is 0 Å². The van der Waals surface area contributed by atoms with E-state index in [1.54, 1.807) is 0 Å². The van der Waals surface area contributed by atoms with Crippen LogP contribution in [-0.4, -0.2) is 14.1 Å². The van der Waals surface area contributed by atoms with Crippen LogP contribution in [0.15, 0.2) is 42.5 Å². The van der Waals surface area contributed by atoms with Crippen molar-refractivity contribution in [3.63, 3.8) is 0 Å². The zero-order valence-corrected chi connectivity index (χ0v) is 14.2. The van der Waals surface area contributed by atoms with E-state index in [-0.39, 0.29) is 5.41 Å². The molecule has 2 aromatic carbocycles. The molecule has 0 saturated carbocycles. The summed E-state index contributed by atoms with van der Waals surface area (Å²) < 4.78 is 0. The van der Waals surface area contributed by atoms with E-state index in [0.29, 0.717) is 0 Å². The van der Waals surface area contributed by atoms with E-state index in [4.69, 9.17) is 0 Å². The van der Waals surface area contributed by atoms with Gasteiger partial charge in [-0.15, -0.1) is 0 Å². The molecule has 0 atom stereocenters. The molecule has 0 aliphatic heterocycles. The number of aryl methyl sites for hydroxylation is 1. The predicted octanol–water partition coefficient (Wildman–Crippen LogP) is 4.95. The van der Waals surface area contributed by atoms with E-state index < -0.39 is 0 Å². The minimum absolute atomic E-state index is 0.172. The summed E-state index contributed by atoms with van der Waals surface area (Å²) in [6.45, 7) is 9.00. The van der Waals surface area contributed by atoms with Gasteiger partial charge in [-0.05, 0) is 47.6 Å². The highest BCUT2D eigenvalue weighted by Crippen LogP contribution is 2.30. The Morgan fingerprint density at radius 2 is 1.52 bits per heavy atom.